The average Bonchev–Trinajstić information content (AvgIpc) is 3.20. The van der Waals surface area contributed by atoms with Gasteiger partial charge in [0.1, 0.15) is 0 Å². The van der Waals surface area contributed by atoms with E-state index in [9.17, 15) is 0 Å². The normalized spacial score (nSPS) is 11.8. The van der Waals surface area contributed by atoms with Gasteiger partial charge in [-0.3, -0.25) is 0 Å². The van der Waals surface area contributed by atoms with Crippen LogP contribution >= 0.6 is 11.3 Å². The molecule has 0 spiro atoms. The summed E-state index contributed by atoms with van der Waals surface area (Å²) >= 11 is 1.55. The average molecular weight is 443 g/mol. The maximum atomic E-state index is 4.56. The summed E-state index contributed by atoms with van der Waals surface area (Å²) in [6, 6.07) is 19.9. The van der Waals surface area contributed by atoms with E-state index in [-0.39, 0.29) is 0 Å². The first-order valence-corrected chi connectivity index (χ1v) is 11.5. The molecule has 4 rings (SSSR count). The molecule has 162 valence electrons. The van der Waals surface area contributed by atoms with Crippen molar-refractivity contribution in [2.45, 2.75) is 27.7 Å². The van der Waals surface area contributed by atoms with Crippen LogP contribution in [0.25, 0.3) is 10.2 Å². The number of fused-ring (bicyclic) bond motifs is 1. The zero-order chi connectivity index (χ0) is 22.5. The number of anilines is 1. The number of azo groups is 2. The Kier molecular flexibility index (Phi) is 6.66. The first kappa shape index (κ1) is 21.8. The summed E-state index contributed by atoms with van der Waals surface area (Å²) in [5.41, 5.74) is 6.99. The van der Waals surface area contributed by atoms with Crippen LogP contribution in [0.1, 0.15) is 25.0 Å². The van der Waals surface area contributed by atoms with Crippen molar-refractivity contribution < 1.29 is 0 Å². The van der Waals surface area contributed by atoms with Crippen molar-refractivity contribution in [1.82, 2.24) is 4.98 Å². The van der Waals surface area contributed by atoms with Gasteiger partial charge in [-0.1, -0.05) is 11.3 Å². The molecule has 0 saturated heterocycles. The Bertz CT molecular complexity index is 1210. The monoisotopic (exact) mass is 442 g/mol. The molecule has 32 heavy (non-hydrogen) atoms. The summed E-state index contributed by atoms with van der Waals surface area (Å²) in [7, 11) is 0. The molecule has 0 bridgehead atoms. The summed E-state index contributed by atoms with van der Waals surface area (Å²) in [5.74, 6) is 0. The van der Waals surface area contributed by atoms with E-state index in [1.54, 1.807) is 11.3 Å². The number of aromatic nitrogens is 1. The fraction of sp³-hybridized carbons (Fsp3) is 0.240. The van der Waals surface area contributed by atoms with E-state index in [1.165, 1.54) is 16.8 Å². The molecule has 0 saturated carbocycles. The van der Waals surface area contributed by atoms with Crippen LogP contribution in [-0.2, 0) is 0 Å². The standard InChI is InChI=1S/C25H26N6S/c1-5-31(6-2)22-13-11-21(12-14-22)28-27-19-7-9-20(10-8-19)29-30-25-26-23-15-17(3)18(4)16-24(23)32-25/h7-16H,5-6H2,1-4H3. The molecule has 1 aromatic heterocycles. The molecule has 0 atom stereocenters. The van der Waals surface area contributed by atoms with Gasteiger partial charge in [0.15, 0.2) is 0 Å². The van der Waals surface area contributed by atoms with Gasteiger partial charge in [0.05, 0.1) is 27.3 Å². The molecule has 0 amide bonds. The van der Waals surface area contributed by atoms with Crippen molar-refractivity contribution in [3.63, 3.8) is 0 Å². The van der Waals surface area contributed by atoms with Gasteiger partial charge in [-0.25, -0.2) is 4.98 Å². The van der Waals surface area contributed by atoms with Gasteiger partial charge in [0.25, 0.3) is 0 Å². The van der Waals surface area contributed by atoms with Crippen LogP contribution in [-0.4, -0.2) is 18.1 Å². The van der Waals surface area contributed by atoms with E-state index in [2.05, 4.69) is 82.3 Å². The van der Waals surface area contributed by atoms with Crippen LogP contribution in [0.5, 0.6) is 0 Å². The first-order valence-electron chi connectivity index (χ1n) is 10.7. The lowest BCUT2D eigenvalue weighted by Gasteiger charge is -2.20. The molecule has 0 N–H and O–H groups in total. The van der Waals surface area contributed by atoms with Gasteiger partial charge in [-0.2, -0.15) is 10.2 Å². The summed E-state index contributed by atoms with van der Waals surface area (Å²) < 4.78 is 1.13. The number of thiazole rings is 1. The van der Waals surface area contributed by atoms with Gasteiger partial charge in [-0.15, -0.1) is 10.2 Å². The van der Waals surface area contributed by atoms with E-state index < -0.39 is 0 Å². The lowest BCUT2D eigenvalue weighted by molar-refractivity contribution is 0.866. The second-order valence-electron chi connectivity index (χ2n) is 7.51. The molecule has 4 aromatic rings. The van der Waals surface area contributed by atoms with Crippen molar-refractivity contribution in [3.05, 3.63) is 71.8 Å². The van der Waals surface area contributed by atoms with Crippen LogP contribution in [0.3, 0.4) is 0 Å². The Labute approximate surface area is 192 Å². The third kappa shape index (κ3) is 5.06. The van der Waals surface area contributed by atoms with E-state index in [1.807, 2.05) is 36.4 Å². The number of hydrogen-bond acceptors (Lipinski definition) is 7. The molecular formula is C25H26N6S. The zero-order valence-corrected chi connectivity index (χ0v) is 19.6. The van der Waals surface area contributed by atoms with E-state index in [0.717, 1.165) is 40.4 Å². The molecule has 6 nitrogen and oxygen atoms in total. The molecule has 0 radical (unpaired) electrons. The fourth-order valence-electron chi connectivity index (χ4n) is 3.33. The van der Waals surface area contributed by atoms with Gasteiger partial charge < -0.3 is 4.90 Å². The maximum Gasteiger partial charge on any atom is 0.231 e. The highest BCUT2D eigenvalue weighted by Gasteiger charge is 2.05. The van der Waals surface area contributed by atoms with Gasteiger partial charge in [0.2, 0.25) is 5.13 Å². The molecule has 1 heterocycles. The summed E-state index contributed by atoms with van der Waals surface area (Å²) in [5, 5.41) is 17.9. The Morgan fingerprint density at radius 2 is 1.22 bits per heavy atom. The van der Waals surface area contributed by atoms with Gasteiger partial charge in [0, 0.05) is 18.8 Å². The highest BCUT2D eigenvalue weighted by Crippen LogP contribution is 2.31. The van der Waals surface area contributed by atoms with Crippen molar-refractivity contribution in [3.8, 4) is 0 Å². The quantitative estimate of drug-likeness (QED) is 0.269. The number of aryl methyl sites for hydroxylation is 2. The van der Waals surface area contributed by atoms with Crippen LogP contribution in [0.2, 0.25) is 0 Å². The minimum atomic E-state index is 0.655. The SMILES string of the molecule is CCN(CC)c1ccc(N=Nc2ccc(N=Nc3nc4cc(C)c(C)cc4s3)cc2)cc1. The summed E-state index contributed by atoms with van der Waals surface area (Å²) in [6.07, 6.45) is 0. The van der Waals surface area contributed by atoms with Gasteiger partial charge >= 0.3 is 0 Å². The molecule has 0 fully saturated rings. The molecule has 0 aliphatic carbocycles. The first-order chi connectivity index (χ1) is 15.6. The molecular weight excluding hydrogens is 416 g/mol. The Morgan fingerprint density at radius 1 is 0.719 bits per heavy atom. The third-order valence-electron chi connectivity index (χ3n) is 5.35. The molecule has 0 aliphatic heterocycles. The molecule has 3 aromatic carbocycles. The predicted octanol–water partition coefficient (Wildman–Crippen LogP) is 8.59. The van der Waals surface area contributed by atoms with Crippen molar-refractivity contribution in [1.29, 1.82) is 0 Å². The van der Waals surface area contributed by atoms with Crippen LogP contribution in [0, 0.1) is 13.8 Å². The topological polar surface area (TPSA) is 65.6 Å². The van der Waals surface area contributed by atoms with E-state index in [0.29, 0.717) is 5.13 Å². The lowest BCUT2D eigenvalue weighted by Crippen LogP contribution is -2.21. The predicted molar refractivity (Wildman–Crippen MR) is 134 cm³/mol. The lowest BCUT2D eigenvalue weighted by atomic mass is 10.1. The fourth-order valence-corrected chi connectivity index (χ4v) is 4.20. The molecule has 7 heteroatoms. The Hall–Kier alpha value is -3.45. The smallest absolute Gasteiger partial charge is 0.231 e. The minimum Gasteiger partial charge on any atom is -0.372 e. The minimum absolute atomic E-state index is 0.655. The summed E-state index contributed by atoms with van der Waals surface area (Å²) in [4.78, 5) is 6.86. The number of rotatable bonds is 7. The highest BCUT2D eigenvalue weighted by molar-refractivity contribution is 7.21. The molecule has 0 aliphatic rings. The number of nitrogens with zero attached hydrogens (tertiary/aromatic N) is 6. The van der Waals surface area contributed by atoms with Crippen molar-refractivity contribution in [2.24, 2.45) is 20.5 Å². The van der Waals surface area contributed by atoms with E-state index in [4.69, 9.17) is 0 Å². The second kappa shape index (κ2) is 9.78. The van der Waals surface area contributed by atoms with Crippen LogP contribution < -0.4 is 4.90 Å². The maximum absolute atomic E-state index is 4.56. The second-order valence-corrected chi connectivity index (χ2v) is 8.51. The highest BCUT2D eigenvalue weighted by atomic mass is 32.1. The Balaban J connectivity index is 1.42. The Morgan fingerprint density at radius 3 is 1.78 bits per heavy atom. The van der Waals surface area contributed by atoms with Crippen molar-refractivity contribution in [2.75, 3.05) is 18.0 Å². The molecule has 0 unspecified atom stereocenters. The number of benzene rings is 3. The zero-order valence-electron chi connectivity index (χ0n) is 18.8. The van der Waals surface area contributed by atoms with Crippen molar-refractivity contribution >= 4 is 49.4 Å². The third-order valence-corrected chi connectivity index (χ3v) is 6.26. The largest absolute Gasteiger partial charge is 0.372 e. The van der Waals surface area contributed by atoms with E-state index >= 15 is 0 Å². The summed E-state index contributed by atoms with van der Waals surface area (Å²) in [6.45, 7) is 10.5. The van der Waals surface area contributed by atoms with Crippen LogP contribution in [0.4, 0.5) is 27.9 Å². The number of hydrogen-bond donors (Lipinski definition) is 0. The van der Waals surface area contributed by atoms with Crippen LogP contribution in [0.15, 0.2) is 81.1 Å². The van der Waals surface area contributed by atoms with Gasteiger partial charge in [-0.05, 0) is 99.5 Å².